The van der Waals surface area contributed by atoms with E-state index >= 15 is 0 Å². The molecule has 0 aliphatic rings. The summed E-state index contributed by atoms with van der Waals surface area (Å²) in [6.45, 7) is 3.51. The second kappa shape index (κ2) is 5.12. The minimum atomic E-state index is -0.550. The van der Waals surface area contributed by atoms with Crippen LogP contribution in [0.5, 0.6) is 0 Å². The fraction of sp³-hybridized carbons (Fsp3) is 0.636. The molecule has 0 spiro atoms. The van der Waals surface area contributed by atoms with E-state index in [-0.39, 0.29) is 12.5 Å². The predicted molar refractivity (Wildman–Crippen MR) is 60.8 cm³/mol. The molecule has 0 radical (unpaired) electrons. The summed E-state index contributed by atoms with van der Waals surface area (Å²) in [5.74, 6) is -0.0529. The van der Waals surface area contributed by atoms with E-state index < -0.39 is 5.54 Å². The van der Waals surface area contributed by atoms with Crippen molar-refractivity contribution < 1.29 is 9.90 Å². The van der Waals surface area contributed by atoms with Gasteiger partial charge in [0, 0.05) is 19.7 Å². The summed E-state index contributed by atoms with van der Waals surface area (Å²) >= 11 is 0. The van der Waals surface area contributed by atoms with Crippen LogP contribution in [0.15, 0.2) is 12.4 Å². The van der Waals surface area contributed by atoms with Crippen LogP contribution >= 0.6 is 0 Å². The van der Waals surface area contributed by atoms with Gasteiger partial charge in [0.25, 0.3) is 0 Å². The number of aromatic nitrogens is 2. The zero-order valence-corrected chi connectivity index (χ0v) is 10.0. The van der Waals surface area contributed by atoms with E-state index in [1.54, 1.807) is 24.7 Å². The highest BCUT2D eigenvalue weighted by Crippen LogP contribution is 2.04. The molecule has 1 aromatic heterocycles. The number of aliphatic hydroxyl groups is 1. The van der Waals surface area contributed by atoms with E-state index in [2.05, 4.69) is 10.4 Å². The summed E-state index contributed by atoms with van der Waals surface area (Å²) in [6, 6.07) is 0. The average molecular weight is 225 g/mol. The van der Waals surface area contributed by atoms with Gasteiger partial charge in [0.05, 0.1) is 18.3 Å². The molecule has 1 aromatic rings. The molecule has 0 bridgehead atoms. The van der Waals surface area contributed by atoms with Gasteiger partial charge >= 0.3 is 0 Å². The molecule has 1 amide bonds. The van der Waals surface area contributed by atoms with Gasteiger partial charge in [0.2, 0.25) is 5.91 Å². The lowest BCUT2D eigenvalue weighted by atomic mass is 10.1. The summed E-state index contributed by atoms with van der Waals surface area (Å²) in [4.78, 5) is 11.5. The van der Waals surface area contributed by atoms with E-state index in [4.69, 9.17) is 5.11 Å². The maximum atomic E-state index is 11.5. The molecular weight excluding hydrogens is 206 g/mol. The van der Waals surface area contributed by atoms with Gasteiger partial charge in [-0.1, -0.05) is 0 Å². The molecule has 0 aliphatic carbocycles. The van der Waals surface area contributed by atoms with Crippen molar-refractivity contribution in [3.05, 3.63) is 18.0 Å². The standard InChI is InChI=1S/C11H19N3O2/c1-11(2,8-15)13-10(16)5-4-9-6-12-14(3)7-9/h6-7,15H,4-5,8H2,1-3H3,(H,13,16). The Morgan fingerprint density at radius 1 is 1.62 bits per heavy atom. The fourth-order valence-corrected chi connectivity index (χ4v) is 1.34. The first kappa shape index (κ1) is 12.7. The van der Waals surface area contributed by atoms with E-state index in [1.165, 1.54) is 0 Å². The molecule has 0 unspecified atom stereocenters. The van der Waals surface area contributed by atoms with Crippen molar-refractivity contribution in [3.8, 4) is 0 Å². The normalized spacial score (nSPS) is 11.5. The Bertz CT molecular complexity index is 358. The number of nitrogens with one attached hydrogen (secondary N) is 1. The van der Waals surface area contributed by atoms with Crippen LogP contribution in [0, 0.1) is 0 Å². The van der Waals surface area contributed by atoms with Crippen molar-refractivity contribution in [2.75, 3.05) is 6.61 Å². The smallest absolute Gasteiger partial charge is 0.220 e. The van der Waals surface area contributed by atoms with Crippen molar-refractivity contribution >= 4 is 5.91 Å². The third-order valence-corrected chi connectivity index (χ3v) is 2.27. The zero-order chi connectivity index (χ0) is 12.2. The predicted octanol–water partition coefficient (Wildman–Crippen LogP) is 0.240. The molecular formula is C11H19N3O2. The van der Waals surface area contributed by atoms with Crippen LogP contribution in [0.1, 0.15) is 25.8 Å². The van der Waals surface area contributed by atoms with Gasteiger partial charge in [-0.3, -0.25) is 9.48 Å². The van der Waals surface area contributed by atoms with E-state index in [0.29, 0.717) is 12.8 Å². The van der Waals surface area contributed by atoms with Crippen LogP contribution in [0.3, 0.4) is 0 Å². The lowest BCUT2D eigenvalue weighted by molar-refractivity contribution is -0.123. The molecule has 0 atom stereocenters. The number of rotatable bonds is 5. The van der Waals surface area contributed by atoms with Crippen molar-refractivity contribution in [2.45, 2.75) is 32.2 Å². The molecule has 90 valence electrons. The van der Waals surface area contributed by atoms with Crippen molar-refractivity contribution in [1.29, 1.82) is 0 Å². The van der Waals surface area contributed by atoms with Crippen LogP contribution < -0.4 is 5.32 Å². The highest BCUT2D eigenvalue weighted by molar-refractivity contribution is 5.76. The number of hydrogen-bond acceptors (Lipinski definition) is 3. The van der Waals surface area contributed by atoms with E-state index in [9.17, 15) is 4.79 Å². The maximum Gasteiger partial charge on any atom is 0.220 e. The second-order valence-corrected chi connectivity index (χ2v) is 4.61. The third kappa shape index (κ3) is 4.02. The zero-order valence-electron chi connectivity index (χ0n) is 10.0. The van der Waals surface area contributed by atoms with Gasteiger partial charge in [-0.25, -0.2) is 0 Å². The molecule has 0 fully saturated rings. The first-order valence-electron chi connectivity index (χ1n) is 5.32. The minimum Gasteiger partial charge on any atom is -0.394 e. The molecule has 1 rings (SSSR count). The fourth-order valence-electron chi connectivity index (χ4n) is 1.34. The average Bonchev–Trinajstić information content (AvgIpc) is 2.61. The lowest BCUT2D eigenvalue weighted by Gasteiger charge is -2.23. The highest BCUT2D eigenvalue weighted by atomic mass is 16.3. The van der Waals surface area contributed by atoms with Crippen LogP contribution in [0.2, 0.25) is 0 Å². The molecule has 5 heteroatoms. The van der Waals surface area contributed by atoms with Crippen molar-refractivity contribution in [3.63, 3.8) is 0 Å². The largest absolute Gasteiger partial charge is 0.394 e. The summed E-state index contributed by atoms with van der Waals surface area (Å²) in [5.41, 5.74) is 0.492. The van der Waals surface area contributed by atoms with Gasteiger partial charge in [-0.2, -0.15) is 5.10 Å². The number of carbonyl (C=O) groups is 1. The highest BCUT2D eigenvalue weighted by Gasteiger charge is 2.18. The Morgan fingerprint density at radius 2 is 2.31 bits per heavy atom. The summed E-state index contributed by atoms with van der Waals surface area (Å²) in [7, 11) is 1.85. The molecule has 0 aliphatic heterocycles. The second-order valence-electron chi connectivity index (χ2n) is 4.61. The summed E-state index contributed by atoms with van der Waals surface area (Å²) in [6.07, 6.45) is 4.73. The minimum absolute atomic E-state index is 0.0529. The van der Waals surface area contributed by atoms with Gasteiger partial charge < -0.3 is 10.4 Å². The van der Waals surface area contributed by atoms with Crippen LogP contribution in [0.4, 0.5) is 0 Å². The molecule has 5 nitrogen and oxygen atoms in total. The lowest BCUT2D eigenvalue weighted by Crippen LogP contribution is -2.46. The molecule has 2 N–H and O–H groups in total. The number of hydrogen-bond donors (Lipinski definition) is 2. The van der Waals surface area contributed by atoms with Gasteiger partial charge in [-0.05, 0) is 25.8 Å². The van der Waals surface area contributed by atoms with Gasteiger partial charge in [-0.15, -0.1) is 0 Å². The molecule has 0 saturated heterocycles. The van der Waals surface area contributed by atoms with Crippen molar-refractivity contribution in [1.82, 2.24) is 15.1 Å². The Kier molecular flexibility index (Phi) is 4.06. The van der Waals surface area contributed by atoms with E-state index in [1.807, 2.05) is 13.2 Å². The number of aryl methyl sites for hydroxylation is 2. The first-order valence-corrected chi connectivity index (χ1v) is 5.32. The number of aliphatic hydroxyl groups excluding tert-OH is 1. The summed E-state index contributed by atoms with van der Waals surface area (Å²) < 4.78 is 1.71. The van der Waals surface area contributed by atoms with Crippen LogP contribution in [0.25, 0.3) is 0 Å². The van der Waals surface area contributed by atoms with Crippen molar-refractivity contribution in [2.24, 2.45) is 7.05 Å². The maximum absolute atomic E-state index is 11.5. The SMILES string of the molecule is Cn1cc(CCC(=O)NC(C)(C)CO)cn1. The third-order valence-electron chi connectivity index (χ3n) is 2.27. The van der Waals surface area contributed by atoms with Crippen LogP contribution in [-0.2, 0) is 18.3 Å². The first-order chi connectivity index (χ1) is 7.43. The Hall–Kier alpha value is -1.36. The monoisotopic (exact) mass is 225 g/mol. The quantitative estimate of drug-likeness (QED) is 0.754. The van der Waals surface area contributed by atoms with Crippen LogP contribution in [-0.4, -0.2) is 32.9 Å². The topological polar surface area (TPSA) is 67.2 Å². The molecule has 1 heterocycles. The molecule has 0 aromatic carbocycles. The Labute approximate surface area is 95.5 Å². The number of nitrogens with zero attached hydrogens (tertiary/aromatic N) is 2. The number of amides is 1. The number of carbonyl (C=O) groups excluding carboxylic acids is 1. The van der Waals surface area contributed by atoms with Gasteiger partial charge in [0.15, 0.2) is 0 Å². The molecule has 0 saturated carbocycles. The van der Waals surface area contributed by atoms with Gasteiger partial charge in [0.1, 0.15) is 0 Å². The Morgan fingerprint density at radius 3 is 2.81 bits per heavy atom. The van der Waals surface area contributed by atoms with E-state index in [0.717, 1.165) is 5.56 Å². The Balaban J connectivity index is 2.36. The summed E-state index contributed by atoms with van der Waals surface area (Å²) in [5, 5.41) is 15.8. The molecule has 16 heavy (non-hydrogen) atoms.